The fourth-order valence-electron chi connectivity index (χ4n) is 2.49. The van der Waals surface area contributed by atoms with E-state index in [2.05, 4.69) is 20.9 Å². The number of hydrogen-bond donors (Lipinski definition) is 2. The molecule has 21 heavy (non-hydrogen) atoms. The molecular weight excluding hydrogens is 270 g/mol. The minimum absolute atomic E-state index is 0.0598. The van der Waals surface area contributed by atoms with Crippen molar-refractivity contribution in [3.05, 3.63) is 24.3 Å². The fourth-order valence-corrected chi connectivity index (χ4v) is 2.49. The molecule has 0 spiro atoms. The molecule has 1 aliphatic heterocycles. The lowest BCUT2D eigenvalue weighted by molar-refractivity contribution is -0.129. The van der Waals surface area contributed by atoms with Crippen LogP contribution in [-0.2, 0) is 16.1 Å². The van der Waals surface area contributed by atoms with Gasteiger partial charge in [-0.05, 0) is 31.4 Å². The van der Waals surface area contributed by atoms with Crippen LogP contribution in [0, 0.1) is 0 Å². The second kappa shape index (κ2) is 5.90. The Morgan fingerprint density at radius 1 is 1.38 bits per heavy atom. The first-order chi connectivity index (χ1) is 10.2. The molecule has 1 aromatic carbocycles. The van der Waals surface area contributed by atoms with Crippen molar-refractivity contribution in [2.75, 3.05) is 6.54 Å². The number of rotatable bonds is 3. The quantitative estimate of drug-likeness (QED) is 0.845. The molecule has 1 saturated heterocycles. The SMILES string of the molecule is O=C(Cn1nnc2ccccc21)N[C@@H]1CCCCNC1=O. The van der Waals surface area contributed by atoms with E-state index >= 15 is 0 Å². The maximum Gasteiger partial charge on any atom is 0.242 e. The van der Waals surface area contributed by atoms with Crippen molar-refractivity contribution in [2.45, 2.75) is 31.8 Å². The monoisotopic (exact) mass is 287 g/mol. The number of nitrogens with one attached hydrogen (secondary N) is 2. The molecule has 0 bridgehead atoms. The standard InChI is InChI=1S/C14H17N5O2/c20-13(16-11-6-3-4-8-15-14(11)21)9-19-12-7-2-1-5-10(12)17-18-19/h1-2,5,7,11H,3-4,6,8-9H2,(H,15,21)(H,16,20)/t11-/m1/s1. The average Bonchev–Trinajstić information content (AvgIpc) is 2.77. The molecule has 110 valence electrons. The van der Waals surface area contributed by atoms with Gasteiger partial charge < -0.3 is 10.6 Å². The molecule has 1 fully saturated rings. The van der Waals surface area contributed by atoms with Crippen molar-refractivity contribution in [3.63, 3.8) is 0 Å². The smallest absolute Gasteiger partial charge is 0.242 e. The van der Waals surface area contributed by atoms with E-state index in [1.807, 2.05) is 24.3 Å². The van der Waals surface area contributed by atoms with Crippen LogP contribution in [0.1, 0.15) is 19.3 Å². The van der Waals surface area contributed by atoms with Crippen LogP contribution in [0.25, 0.3) is 11.0 Å². The van der Waals surface area contributed by atoms with Gasteiger partial charge in [0.2, 0.25) is 11.8 Å². The Morgan fingerprint density at radius 2 is 2.24 bits per heavy atom. The second-order valence-corrected chi connectivity index (χ2v) is 5.14. The average molecular weight is 287 g/mol. The Balaban J connectivity index is 1.67. The van der Waals surface area contributed by atoms with Gasteiger partial charge in [-0.1, -0.05) is 17.3 Å². The van der Waals surface area contributed by atoms with Gasteiger partial charge in [0.25, 0.3) is 0 Å². The summed E-state index contributed by atoms with van der Waals surface area (Å²) >= 11 is 0. The first-order valence-electron chi connectivity index (χ1n) is 7.09. The summed E-state index contributed by atoms with van der Waals surface area (Å²) in [6.07, 6.45) is 2.55. The molecule has 0 radical (unpaired) electrons. The number of nitrogens with zero attached hydrogens (tertiary/aromatic N) is 3. The molecule has 2 aromatic rings. The summed E-state index contributed by atoms with van der Waals surface area (Å²) < 4.78 is 1.54. The largest absolute Gasteiger partial charge is 0.354 e. The summed E-state index contributed by atoms with van der Waals surface area (Å²) in [7, 11) is 0. The van der Waals surface area contributed by atoms with Crippen LogP contribution in [0.2, 0.25) is 0 Å². The highest BCUT2D eigenvalue weighted by Gasteiger charge is 2.22. The molecule has 7 heteroatoms. The second-order valence-electron chi connectivity index (χ2n) is 5.14. The van der Waals surface area contributed by atoms with Crippen LogP contribution >= 0.6 is 0 Å². The summed E-state index contributed by atoms with van der Waals surface area (Å²) in [6, 6.07) is 7.00. The first kappa shape index (κ1) is 13.5. The van der Waals surface area contributed by atoms with Gasteiger partial charge >= 0.3 is 0 Å². The van der Waals surface area contributed by atoms with E-state index < -0.39 is 6.04 Å². The number of hydrogen-bond acceptors (Lipinski definition) is 4. The van der Waals surface area contributed by atoms with Crippen LogP contribution in [0.5, 0.6) is 0 Å². The van der Waals surface area contributed by atoms with Gasteiger partial charge in [0.05, 0.1) is 5.52 Å². The van der Waals surface area contributed by atoms with Crippen molar-refractivity contribution in [3.8, 4) is 0 Å². The molecule has 2 N–H and O–H groups in total. The molecule has 2 heterocycles. The Bertz CT molecular complexity index is 666. The van der Waals surface area contributed by atoms with Crippen molar-refractivity contribution >= 4 is 22.8 Å². The van der Waals surface area contributed by atoms with Crippen LogP contribution in [0.15, 0.2) is 24.3 Å². The van der Waals surface area contributed by atoms with E-state index in [4.69, 9.17) is 0 Å². The minimum Gasteiger partial charge on any atom is -0.354 e. The number of benzene rings is 1. The van der Waals surface area contributed by atoms with Crippen LogP contribution in [0.4, 0.5) is 0 Å². The van der Waals surface area contributed by atoms with E-state index in [1.54, 1.807) is 4.68 Å². The van der Waals surface area contributed by atoms with Crippen LogP contribution < -0.4 is 10.6 Å². The van der Waals surface area contributed by atoms with Gasteiger partial charge in [-0.3, -0.25) is 9.59 Å². The predicted molar refractivity (Wildman–Crippen MR) is 76.3 cm³/mol. The molecule has 0 aliphatic carbocycles. The number of para-hydroxylation sites is 1. The predicted octanol–water partition coefficient (Wildman–Crippen LogP) is 0.216. The Labute approximate surface area is 121 Å². The molecule has 3 rings (SSSR count). The lowest BCUT2D eigenvalue weighted by Gasteiger charge is -2.15. The third-order valence-electron chi connectivity index (χ3n) is 3.58. The minimum atomic E-state index is -0.449. The van der Waals surface area contributed by atoms with Gasteiger partial charge in [0, 0.05) is 6.54 Å². The van der Waals surface area contributed by atoms with E-state index in [0.29, 0.717) is 13.0 Å². The molecule has 0 saturated carbocycles. The highest BCUT2D eigenvalue weighted by Crippen LogP contribution is 2.10. The van der Waals surface area contributed by atoms with Gasteiger partial charge in [0.15, 0.2) is 0 Å². The highest BCUT2D eigenvalue weighted by molar-refractivity contribution is 5.88. The Morgan fingerprint density at radius 3 is 3.14 bits per heavy atom. The molecule has 1 aliphatic rings. The van der Waals surface area contributed by atoms with E-state index in [0.717, 1.165) is 23.9 Å². The summed E-state index contributed by atoms with van der Waals surface area (Å²) in [5, 5.41) is 13.5. The van der Waals surface area contributed by atoms with E-state index in [9.17, 15) is 9.59 Å². The lowest BCUT2D eigenvalue weighted by atomic mass is 10.1. The Kier molecular flexibility index (Phi) is 3.81. The van der Waals surface area contributed by atoms with Gasteiger partial charge in [-0.2, -0.15) is 0 Å². The molecule has 0 unspecified atom stereocenters. The molecule has 1 aromatic heterocycles. The molecular formula is C14H17N5O2. The maximum absolute atomic E-state index is 12.1. The normalized spacial score (nSPS) is 19.0. The third kappa shape index (κ3) is 3.01. The first-order valence-corrected chi connectivity index (χ1v) is 7.09. The van der Waals surface area contributed by atoms with E-state index in [-0.39, 0.29) is 18.4 Å². The molecule has 2 amide bonds. The van der Waals surface area contributed by atoms with Crippen molar-refractivity contribution < 1.29 is 9.59 Å². The van der Waals surface area contributed by atoms with Crippen molar-refractivity contribution in [2.24, 2.45) is 0 Å². The summed E-state index contributed by atoms with van der Waals surface area (Å²) in [5.74, 6) is -0.336. The number of fused-ring (bicyclic) bond motifs is 1. The van der Waals surface area contributed by atoms with Crippen LogP contribution in [-0.4, -0.2) is 39.4 Å². The number of aromatic nitrogens is 3. The summed E-state index contributed by atoms with van der Waals surface area (Å²) in [4.78, 5) is 23.9. The lowest BCUT2D eigenvalue weighted by Crippen LogP contribution is -2.46. The highest BCUT2D eigenvalue weighted by atomic mass is 16.2. The van der Waals surface area contributed by atoms with Crippen LogP contribution in [0.3, 0.4) is 0 Å². The Hall–Kier alpha value is -2.44. The van der Waals surface area contributed by atoms with Gasteiger partial charge in [-0.25, -0.2) is 4.68 Å². The number of carbonyl (C=O) groups excluding carboxylic acids is 2. The molecule has 7 nitrogen and oxygen atoms in total. The zero-order chi connectivity index (χ0) is 14.7. The number of amides is 2. The van der Waals surface area contributed by atoms with Crippen molar-refractivity contribution in [1.82, 2.24) is 25.6 Å². The topological polar surface area (TPSA) is 88.9 Å². The third-order valence-corrected chi connectivity index (χ3v) is 3.58. The van der Waals surface area contributed by atoms with Gasteiger partial charge in [-0.15, -0.1) is 5.10 Å². The summed E-state index contributed by atoms with van der Waals surface area (Å²) in [5.41, 5.74) is 1.55. The zero-order valence-electron chi connectivity index (χ0n) is 11.6. The van der Waals surface area contributed by atoms with E-state index in [1.165, 1.54) is 0 Å². The van der Waals surface area contributed by atoms with Crippen molar-refractivity contribution in [1.29, 1.82) is 0 Å². The molecule has 1 atom stereocenters. The summed E-state index contributed by atoms with van der Waals surface area (Å²) in [6.45, 7) is 0.739. The maximum atomic E-state index is 12.1. The van der Waals surface area contributed by atoms with Gasteiger partial charge in [0.1, 0.15) is 18.1 Å². The number of carbonyl (C=O) groups is 2. The zero-order valence-corrected chi connectivity index (χ0v) is 11.6. The fraction of sp³-hybridized carbons (Fsp3) is 0.429.